The first-order valence-electron chi connectivity index (χ1n) is 11.4. The number of anilines is 1. The number of allylic oxidation sites excluding steroid dienone is 1. The summed E-state index contributed by atoms with van der Waals surface area (Å²) >= 11 is 16.3. The van der Waals surface area contributed by atoms with Crippen molar-refractivity contribution in [3.05, 3.63) is 104 Å². The smallest absolute Gasteiger partial charge is 0.263 e. The van der Waals surface area contributed by atoms with E-state index in [4.69, 9.17) is 28.2 Å². The van der Waals surface area contributed by atoms with Crippen molar-refractivity contribution in [3.8, 4) is 11.1 Å². The van der Waals surface area contributed by atoms with Crippen LogP contribution in [0.2, 0.25) is 10.0 Å². The van der Waals surface area contributed by atoms with E-state index in [9.17, 15) is 9.59 Å². The number of aromatic nitrogens is 3. The lowest BCUT2D eigenvalue weighted by Crippen LogP contribution is -2.23. The molecule has 0 aliphatic heterocycles. The van der Waals surface area contributed by atoms with E-state index in [0.29, 0.717) is 37.0 Å². The average molecular weight is 600 g/mol. The summed E-state index contributed by atoms with van der Waals surface area (Å²) in [6, 6.07) is 15.1. The van der Waals surface area contributed by atoms with Gasteiger partial charge in [-0.15, -0.1) is 29.3 Å². The van der Waals surface area contributed by atoms with Crippen LogP contribution in [0.5, 0.6) is 0 Å². The van der Waals surface area contributed by atoms with Crippen molar-refractivity contribution in [1.82, 2.24) is 14.5 Å². The molecule has 0 fully saturated rings. The number of nitrogens with zero attached hydrogens (tertiary/aromatic N) is 3. The highest BCUT2D eigenvalue weighted by atomic mass is 35.5. The molecule has 5 rings (SSSR count). The van der Waals surface area contributed by atoms with Gasteiger partial charge in [0.2, 0.25) is 5.91 Å². The maximum absolute atomic E-state index is 13.5. The number of amides is 1. The number of hydrogen-bond acceptors (Lipinski definition) is 7. The van der Waals surface area contributed by atoms with E-state index in [0.717, 1.165) is 21.6 Å². The molecule has 38 heavy (non-hydrogen) atoms. The van der Waals surface area contributed by atoms with E-state index in [2.05, 4.69) is 16.9 Å². The molecule has 1 N–H and O–H groups in total. The fraction of sp³-hybridized carbons (Fsp3) is 0.111. The van der Waals surface area contributed by atoms with Crippen molar-refractivity contribution in [2.75, 3.05) is 11.1 Å². The van der Waals surface area contributed by atoms with Gasteiger partial charge in [0.1, 0.15) is 4.83 Å². The molecule has 0 saturated heterocycles. The summed E-state index contributed by atoms with van der Waals surface area (Å²) in [6.07, 6.45) is 3.92. The van der Waals surface area contributed by atoms with E-state index in [-0.39, 0.29) is 23.8 Å². The van der Waals surface area contributed by atoms with Crippen molar-refractivity contribution in [2.24, 2.45) is 0 Å². The van der Waals surface area contributed by atoms with E-state index in [1.165, 1.54) is 34.4 Å². The maximum atomic E-state index is 13.5. The normalized spacial score (nSPS) is 11.1. The summed E-state index contributed by atoms with van der Waals surface area (Å²) in [4.78, 5) is 36.8. The Morgan fingerprint density at radius 2 is 2.00 bits per heavy atom. The van der Waals surface area contributed by atoms with Crippen LogP contribution in [-0.2, 0) is 17.8 Å². The molecule has 1 amide bonds. The number of benzene rings is 2. The Labute approximate surface area is 241 Å². The molecule has 0 radical (unpaired) electrons. The van der Waals surface area contributed by atoms with Crippen molar-refractivity contribution < 1.29 is 4.79 Å². The lowest BCUT2D eigenvalue weighted by atomic mass is 10.1. The minimum absolute atomic E-state index is 0.0705. The molecule has 0 aliphatic rings. The molecule has 3 aromatic heterocycles. The number of fused-ring (bicyclic) bond motifs is 1. The molecule has 0 unspecified atom stereocenters. The van der Waals surface area contributed by atoms with Gasteiger partial charge in [0.15, 0.2) is 10.3 Å². The molecule has 5 aromatic rings. The van der Waals surface area contributed by atoms with Crippen LogP contribution < -0.4 is 10.9 Å². The Morgan fingerprint density at radius 1 is 1.18 bits per heavy atom. The van der Waals surface area contributed by atoms with Crippen LogP contribution in [0.4, 0.5) is 5.13 Å². The predicted octanol–water partition coefficient (Wildman–Crippen LogP) is 7.40. The number of thiazole rings is 1. The molecule has 0 bridgehead atoms. The SMILES string of the molecule is C=CCn1c(SCC(=O)Nc2ncc(Cc3cc(Cl)ccc3Cl)s2)nc2scc(-c3ccccc3)c2c1=O. The zero-order valence-corrected chi connectivity index (χ0v) is 23.8. The van der Waals surface area contributed by atoms with Gasteiger partial charge in [0.25, 0.3) is 5.56 Å². The van der Waals surface area contributed by atoms with E-state index >= 15 is 0 Å². The van der Waals surface area contributed by atoms with Crippen LogP contribution in [0.1, 0.15) is 10.4 Å². The number of nitrogens with one attached hydrogen (secondary N) is 1. The number of carbonyl (C=O) groups is 1. The summed E-state index contributed by atoms with van der Waals surface area (Å²) in [7, 11) is 0. The fourth-order valence-electron chi connectivity index (χ4n) is 3.84. The Kier molecular flexibility index (Phi) is 8.30. The van der Waals surface area contributed by atoms with E-state index < -0.39 is 0 Å². The minimum Gasteiger partial charge on any atom is -0.301 e. The largest absolute Gasteiger partial charge is 0.301 e. The molecular weight excluding hydrogens is 579 g/mol. The van der Waals surface area contributed by atoms with Gasteiger partial charge >= 0.3 is 0 Å². The van der Waals surface area contributed by atoms with Gasteiger partial charge in [-0.2, -0.15) is 0 Å². The molecule has 6 nitrogen and oxygen atoms in total. The van der Waals surface area contributed by atoms with Gasteiger partial charge in [-0.05, 0) is 29.3 Å². The van der Waals surface area contributed by atoms with Gasteiger partial charge in [0, 0.05) is 45.0 Å². The summed E-state index contributed by atoms with van der Waals surface area (Å²) in [5.74, 6) is -0.173. The molecule has 3 heterocycles. The lowest BCUT2D eigenvalue weighted by Gasteiger charge is -2.10. The first kappa shape index (κ1) is 26.6. The summed E-state index contributed by atoms with van der Waals surface area (Å²) in [5.41, 5.74) is 2.56. The third kappa shape index (κ3) is 5.87. The zero-order chi connectivity index (χ0) is 26.6. The molecule has 0 saturated carbocycles. The molecule has 0 aliphatic carbocycles. The number of thiophene rings is 1. The molecule has 0 spiro atoms. The second-order valence-corrected chi connectivity index (χ2v) is 11.9. The van der Waals surface area contributed by atoms with Crippen molar-refractivity contribution >= 4 is 78.9 Å². The molecule has 11 heteroatoms. The third-order valence-electron chi connectivity index (χ3n) is 5.56. The summed E-state index contributed by atoms with van der Waals surface area (Å²) in [6.45, 7) is 4.07. The Hall–Kier alpha value is -2.95. The standard InChI is InChI=1S/C27H20Cl2N4O2S3/c1-2-10-33-25(35)23-20(16-6-4-3-5-7-16)14-36-24(23)32-27(33)37-15-22(34)31-26-30-13-19(38-26)12-17-11-18(28)8-9-21(17)29/h2-9,11,13-14H,1,10,12,15H2,(H,30,31,34). The minimum atomic E-state index is -0.243. The highest BCUT2D eigenvalue weighted by Gasteiger charge is 2.18. The highest BCUT2D eigenvalue weighted by molar-refractivity contribution is 7.99. The fourth-order valence-corrected chi connectivity index (χ4v) is 6.86. The second kappa shape index (κ2) is 11.8. The first-order valence-corrected chi connectivity index (χ1v) is 14.9. The van der Waals surface area contributed by atoms with Gasteiger partial charge in [0.05, 0.1) is 11.1 Å². The number of thioether (sulfide) groups is 1. The number of carbonyl (C=O) groups excluding carboxylic acids is 1. The maximum Gasteiger partial charge on any atom is 0.263 e. The van der Waals surface area contributed by atoms with Crippen LogP contribution in [0.15, 0.2) is 82.7 Å². The van der Waals surface area contributed by atoms with Crippen molar-refractivity contribution in [3.63, 3.8) is 0 Å². The van der Waals surface area contributed by atoms with Crippen LogP contribution in [0.25, 0.3) is 21.3 Å². The third-order valence-corrected chi connectivity index (χ3v) is 8.93. The zero-order valence-electron chi connectivity index (χ0n) is 19.8. The first-order chi connectivity index (χ1) is 18.4. The van der Waals surface area contributed by atoms with Crippen LogP contribution >= 0.6 is 57.6 Å². The number of hydrogen-bond donors (Lipinski definition) is 1. The number of halogens is 2. The summed E-state index contributed by atoms with van der Waals surface area (Å²) in [5, 5.41) is 7.55. The van der Waals surface area contributed by atoms with Crippen LogP contribution in [0.3, 0.4) is 0 Å². The Morgan fingerprint density at radius 3 is 2.79 bits per heavy atom. The Balaban J connectivity index is 1.31. The van der Waals surface area contributed by atoms with Crippen molar-refractivity contribution in [1.29, 1.82) is 0 Å². The van der Waals surface area contributed by atoms with Gasteiger partial charge in [-0.3, -0.25) is 14.2 Å². The topological polar surface area (TPSA) is 76.9 Å². The molecule has 0 atom stereocenters. The molecule has 2 aromatic carbocycles. The predicted molar refractivity (Wildman–Crippen MR) is 160 cm³/mol. The van der Waals surface area contributed by atoms with Gasteiger partial charge in [-0.1, -0.05) is 71.4 Å². The average Bonchev–Trinajstić information content (AvgIpc) is 3.54. The van der Waals surface area contributed by atoms with Gasteiger partial charge in [-0.25, -0.2) is 9.97 Å². The number of rotatable bonds is 9. The van der Waals surface area contributed by atoms with Crippen molar-refractivity contribution in [2.45, 2.75) is 18.1 Å². The quantitative estimate of drug-likeness (QED) is 0.109. The van der Waals surface area contributed by atoms with Crippen LogP contribution in [0, 0.1) is 0 Å². The van der Waals surface area contributed by atoms with Crippen LogP contribution in [-0.4, -0.2) is 26.2 Å². The molecule has 192 valence electrons. The van der Waals surface area contributed by atoms with Gasteiger partial charge < -0.3 is 5.32 Å². The highest BCUT2D eigenvalue weighted by Crippen LogP contribution is 2.32. The van der Waals surface area contributed by atoms with E-state index in [1.54, 1.807) is 29.0 Å². The molecular formula is C27H20Cl2N4O2S3. The lowest BCUT2D eigenvalue weighted by molar-refractivity contribution is -0.113. The second-order valence-electron chi connectivity index (χ2n) is 8.18. The monoisotopic (exact) mass is 598 g/mol. The van der Waals surface area contributed by atoms with E-state index in [1.807, 2.05) is 41.8 Å². The summed E-state index contributed by atoms with van der Waals surface area (Å²) < 4.78 is 1.56. The Bertz CT molecular complexity index is 1700.